The quantitative estimate of drug-likeness (QED) is 0.573. The van der Waals surface area contributed by atoms with Gasteiger partial charge >= 0.3 is 0 Å². The van der Waals surface area contributed by atoms with E-state index in [1.807, 2.05) is 0 Å². The summed E-state index contributed by atoms with van der Waals surface area (Å²) >= 11 is 0. The van der Waals surface area contributed by atoms with Crippen LogP contribution in [0.1, 0.15) is 16.1 Å². The second-order valence-electron chi connectivity index (χ2n) is 1.80. The zero-order valence-corrected chi connectivity index (χ0v) is 5.45. The molecule has 0 aliphatic heterocycles. The van der Waals surface area contributed by atoms with Crippen molar-refractivity contribution in [2.24, 2.45) is 0 Å². The molecule has 0 aliphatic carbocycles. The summed E-state index contributed by atoms with van der Waals surface area (Å²) in [6.07, 6.45) is 3.91. The van der Waals surface area contributed by atoms with Gasteiger partial charge in [-0.25, -0.2) is 0 Å². The summed E-state index contributed by atoms with van der Waals surface area (Å²) in [5.41, 5.74) is 1.22. The van der Waals surface area contributed by atoms with E-state index in [2.05, 4.69) is 11.6 Å². The van der Waals surface area contributed by atoms with E-state index in [0.29, 0.717) is 5.69 Å². The Hall–Kier alpha value is -1.44. The molecule has 0 radical (unpaired) electrons. The lowest BCUT2D eigenvalue weighted by molar-refractivity contribution is 0.111. The summed E-state index contributed by atoms with van der Waals surface area (Å²) < 4.78 is 0. The van der Waals surface area contributed by atoms with Crippen LogP contribution in [-0.4, -0.2) is 11.3 Å². The molecule has 0 aromatic carbocycles. The van der Waals surface area contributed by atoms with Gasteiger partial charge in [-0.15, -0.1) is 0 Å². The van der Waals surface area contributed by atoms with Crippen molar-refractivity contribution in [3.63, 3.8) is 0 Å². The van der Waals surface area contributed by atoms with Gasteiger partial charge in [0.15, 0.2) is 6.29 Å². The smallest absolute Gasteiger partial charge is 0.169 e. The van der Waals surface area contributed by atoms with Gasteiger partial charge in [-0.05, 0) is 6.07 Å². The number of carbonyl (C=O) groups excluding carboxylic acids is 1. The Labute approximate surface area is 59.2 Å². The largest absolute Gasteiger partial charge is 0.296 e. The minimum Gasteiger partial charge on any atom is -0.296 e. The molecule has 1 aromatic heterocycles. The highest BCUT2D eigenvalue weighted by atomic mass is 16.1. The first kappa shape index (κ1) is 6.68. The number of hydrogen-bond acceptors (Lipinski definition) is 2. The topological polar surface area (TPSA) is 30.0 Å². The zero-order chi connectivity index (χ0) is 7.40. The SMILES string of the molecule is C=Cc1cccnc1C=O. The Bertz CT molecular complexity index is 228. The Morgan fingerprint density at radius 2 is 2.40 bits per heavy atom. The molecule has 0 unspecified atom stereocenters. The third kappa shape index (κ3) is 1.10. The van der Waals surface area contributed by atoms with Gasteiger partial charge in [-0.2, -0.15) is 0 Å². The van der Waals surface area contributed by atoms with E-state index in [-0.39, 0.29) is 0 Å². The van der Waals surface area contributed by atoms with Crippen LogP contribution in [0.25, 0.3) is 6.08 Å². The number of aromatic nitrogens is 1. The molecule has 2 nitrogen and oxygen atoms in total. The van der Waals surface area contributed by atoms with Gasteiger partial charge in [0.05, 0.1) is 0 Å². The van der Waals surface area contributed by atoms with Gasteiger partial charge < -0.3 is 0 Å². The molecule has 2 heteroatoms. The van der Waals surface area contributed by atoms with Crippen molar-refractivity contribution in [2.45, 2.75) is 0 Å². The van der Waals surface area contributed by atoms with Gasteiger partial charge in [0.2, 0.25) is 0 Å². The molecule has 50 valence electrons. The van der Waals surface area contributed by atoms with Crippen LogP contribution in [0.5, 0.6) is 0 Å². The molecule has 1 heterocycles. The molecule has 0 fully saturated rings. The summed E-state index contributed by atoms with van der Waals surface area (Å²) in [7, 11) is 0. The van der Waals surface area contributed by atoms with Crippen LogP contribution in [0, 0.1) is 0 Å². The predicted molar refractivity (Wildman–Crippen MR) is 39.7 cm³/mol. The van der Waals surface area contributed by atoms with Crippen LogP contribution in [0.15, 0.2) is 24.9 Å². The highest BCUT2D eigenvalue weighted by molar-refractivity contribution is 5.78. The van der Waals surface area contributed by atoms with Crippen LogP contribution in [0.2, 0.25) is 0 Å². The number of aldehydes is 1. The Morgan fingerprint density at radius 1 is 1.60 bits per heavy atom. The second-order valence-corrected chi connectivity index (χ2v) is 1.80. The lowest BCUT2D eigenvalue weighted by Gasteiger charge is -1.93. The summed E-state index contributed by atoms with van der Waals surface area (Å²) in [4.78, 5) is 14.1. The number of hydrogen-bond donors (Lipinski definition) is 0. The lowest BCUT2D eigenvalue weighted by atomic mass is 10.2. The fraction of sp³-hybridized carbons (Fsp3) is 0. The Kier molecular flexibility index (Phi) is 1.95. The average Bonchev–Trinajstić information content (AvgIpc) is 2.04. The van der Waals surface area contributed by atoms with Gasteiger partial charge in [0.25, 0.3) is 0 Å². The highest BCUT2D eigenvalue weighted by Crippen LogP contribution is 2.02. The fourth-order valence-electron chi connectivity index (χ4n) is 0.701. The van der Waals surface area contributed by atoms with Crippen molar-refractivity contribution in [1.82, 2.24) is 4.98 Å². The molecule has 0 aliphatic rings. The molecule has 0 N–H and O–H groups in total. The van der Waals surface area contributed by atoms with Gasteiger partial charge in [0, 0.05) is 11.8 Å². The minimum absolute atomic E-state index is 0.442. The van der Waals surface area contributed by atoms with E-state index < -0.39 is 0 Å². The number of carbonyl (C=O) groups is 1. The number of rotatable bonds is 2. The summed E-state index contributed by atoms with van der Waals surface area (Å²) in [5, 5.41) is 0. The van der Waals surface area contributed by atoms with E-state index in [1.54, 1.807) is 24.4 Å². The van der Waals surface area contributed by atoms with Crippen LogP contribution in [-0.2, 0) is 0 Å². The molecule has 10 heavy (non-hydrogen) atoms. The van der Waals surface area contributed by atoms with Crippen LogP contribution >= 0.6 is 0 Å². The normalized spacial score (nSPS) is 8.80. The van der Waals surface area contributed by atoms with Crippen molar-refractivity contribution in [1.29, 1.82) is 0 Å². The van der Waals surface area contributed by atoms with E-state index in [4.69, 9.17) is 0 Å². The number of pyridine rings is 1. The van der Waals surface area contributed by atoms with Crippen LogP contribution < -0.4 is 0 Å². The van der Waals surface area contributed by atoms with Crippen molar-refractivity contribution in [2.75, 3.05) is 0 Å². The third-order valence-electron chi connectivity index (χ3n) is 1.20. The predicted octanol–water partition coefficient (Wildman–Crippen LogP) is 1.54. The highest BCUT2D eigenvalue weighted by Gasteiger charge is 1.94. The third-order valence-corrected chi connectivity index (χ3v) is 1.20. The first-order chi connectivity index (χ1) is 4.88. The van der Waals surface area contributed by atoms with Crippen molar-refractivity contribution in [3.05, 3.63) is 36.2 Å². The lowest BCUT2D eigenvalue weighted by Crippen LogP contribution is -1.88. The van der Waals surface area contributed by atoms with E-state index in [9.17, 15) is 4.79 Å². The monoisotopic (exact) mass is 133 g/mol. The van der Waals surface area contributed by atoms with Crippen molar-refractivity contribution >= 4 is 12.4 Å². The molecule has 0 saturated heterocycles. The standard InChI is InChI=1S/C8H7NO/c1-2-7-4-3-5-9-8(7)6-10/h2-6H,1H2. The molecule has 1 aromatic rings. The maximum absolute atomic E-state index is 10.3. The molecular weight excluding hydrogens is 126 g/mol. The van der Waals surface area contributed by atoms with Gasteiger partial charge in [-0.1, -0.05) is 18.7 Å². The average molecular weight is 133 g/mol. The molecule has 0 saturated carbocycles. The summed E-state index contributed by atoms with van der Waals surface area (Å²) in [6, 6.07) is 3.56. The molecule has 1 rings (SSSR count). The van der Waals surface area contributed by atoms with Crippen LogP contribution in [0.3, 0.4) is 0 Å². The fourth-order valence-corrected chi connectivity index (χ4v) is 0.701. The van der Waals surface area contributed by atoms with Gasteiger partial charge in [0.1, 0.15) is 5.69 Å². The van der Waals surface area contributed by atoms with E-state index >= 15 is 0 Å². The molecule has 0 amide bonds. The first-order valence-corrected chi connectivity index (χ1v) is 2.91. The molecule has 0 spiro atoms. The second kappa shape index (κ2) is 2.92. The minimum atomic E-state index is 0.442. The molecule has 0 bridgehead atoms. The maximum Gasteiger partial charge on any atom is 0.169 e. The first-order valence-electron chi connectivity index (χ1n) is 2.91. The summed E-state index contributed by atoms with van der Waals surface area (Å²) in [5.74, 6) is 0. The zero-order valence-electron chi connectivity index (χ0n) is 5.45. The number of nitrogens with zero attached hydrogens (tertiary/aromatic N) is 1. The molecule has 0 atom stereocenters. The van der Waals surface area contributed by atoms with Crippen molar-refractivity contribution < 1.29 is 4.79 Å². The van der Waals surface area contributed by atoms with Gasteiger partial charge in [-0.3, -0.25) is 9.78 Å². The maximum atomic E-state index is 10.3. The van der Waals surface area contributed by atoms with Crippen molar-refractivity contribution in [3.8, 4) is 0 Å². The van der Waals surface area contributed by atoms with E-state index in [0.717, 1.165) is 11.8 Å². The van der Waals surface area contributed by atoms with E-state index in [1.165, 1.54) is 0 Å². The Morgan fingerprint density at radius 3 is 2.90 bits per heavy atom. The van der Waals surface area contributed by atoms with Crippen LogP contribution in [0.4, 0.5) is 0 Å². The summed E-state index contributed by atoms with van der Waals surface area (Å²) in [6.45, 7) is 3.54. The Balaban J connectivity index is 3.20. The molecular formula is C8H7NO.